The SMILES string of the molecule is C=C1C[C@H](OC(=O)[C@H](C)N(C)C(C)C)C2(C)OC2[C@H](C)C2C[C@@](O)(NC(=O)O2)[C@H](OC)/C=C/C=C(\C)Cc2cc(OC)c(Cl)c(c2)N1C. The molecule has 4 rings (SSSR count). The summed E-state index contributed by atoms with van der Waals surface area (Å²) in [4.78, 5) is 30.2. The summed E-state index contributed by atoms with van der Waals surface area (Å²) in [6.07, 6.45) is 2.71. The number of alkyl carbamates (subject to hydrolysis) is 1. The van der Waals surface area contributed by atoms with E-state index in [2.05, 4.69) is 11.9 Å². The summed E-state index contributed by atoms with van der Waals surface area (Å²) < 4.78 is 29.7. The maximum absolute atomic E-state index is 13.6. The van der Waals surface area contributed by atoms with Gasteiger partial charge >= 0.3 is 12.1 Å². The number of carbonyl (C=O) groups is 2. The molecule has 3 aliphatic rings. The highest BCUT2D eigenvalue weighted by atomic mass is 35.5. The highest BCUT2D eigenvalue weighted by Crippen LogP contribution is 2.50. The smallest absolute Gasteiger partial charge is 0.409 e. The summed E-state index contributed by atoms with van der Waals surface area (Å²) in [5.74, 6) is -0.256. The molecule has 3 heterocycles. The fourth-order valence-electron chi connectivity index (χ4n) is 6.55. The van der Waals surface area contributed by atoms with Gasteiger partial charge in [0.05, 0.1) is 18.9 Å². The number of epoxide rings is 1. The van der Waals surface area contributed by atoms with Crippen molar-refractivity contribution >= 4 is 29.4 Å². The number of allylic oxidation sites excluding steroid dienone is 3. The molecular weight excluding hydrogens is 638 g/mol. The minimum Gasteiger partial charge on any atom is -0.495 e. The monoisotopic (exact) mass is 689 g/mol. The summed E-state index contributed by atoms with van der Waals surface area (Å²) >= 11 is 6.85. The van der Waals surface area contributed by atoms with Crippen LogP contribution < -0.4 is 15.0 Å². The van der Waals surface area contributed by atoms with E-state index in [0.717, 1.165) is 11.1 Å². The Morgan fingerprint density at radius 1 is 1.27 bits per heavy atom. The number of halogens is 1. The van der Waals surface area contributed by atoms with Crippen LogP contribution in [0.15, 0.2) is 48.2 Å². The van der Waals surface area contributed by atoms with Gasteiger partial charge in [0.25, 0.3) is 0 Å². The number of nitrogens with zero attached hydrogens (tertiary/aromatic N) is 2. The number of hydrogen-bond acceptors (Lipinski definition) is 10. The van der Waals surface area contributed by atoms with Crippen molar-refractivity contribution in [2.45, 2.75) is 109 Å². The second-order valence-electron chi connectivity index (χ2n) is 13.8. The number of amides is 1. The van der Waals surface area contributed by atoms with E-state index in [1.54, 1.807) is 19.3 Å². The maximum Gasteiger partial charge on any atom is 0.409 e. The second-order valence-corrected chi connectivity index (χ2v) is 14.2. The number of benzene rings is 1. The van der Waals surface area contributed by atoms with E-state index >= 15 is 0 Å². The first-order valence-electron chi connectivity index (χ1n) is 16.4. The molecule has 8 atom stereocenters. The molecule has 2 fully saturated rings. The third-order valence-corrected chi connectivity index (χ3v) is 10.5. The number of esters is 1. The number of aliphatic hydroxyl groups is 1. The van der Waals surface area contributed by atoms with Crippen LogP contribution in [0.2, 0.25) is 5.02 Å². The fourth-order valence-corrected chi connectivity index (χ4v) is 6.86. The number of ether oxygens (including phenoxy) is 5. The number of nitrogens with one attached hydrogen (secondary N) is 1. The molecule has 0 aliphatic carbocycles. The molecule has 4 bridgehead atoms. The van der Waals surface area contributed by atoms with Gasteiger partial charge in [-0.25, -0.2) is 4.79 Å². The van der Waals surface area contributed by atoms with Gasteiger partial charge in [-0.2, -0.15) is 0 Å². The lowest BCUT2D eigenvalue weighted by atomic mass is 9.83. The zero-order valence-electron chi connectivity index (χ0n) is 29.8. The quantitative estimate of drug-likeness (QED) is 0.297. The third-order valence-electron chi connectivity index (χ3n) is 10.1. The molecule has 11 nitrogen and oxygen atoms in total. The number of fused-ring (bicyclic) bond motifs is 5. The number of methoxy groups -OCH3 is 2. The third kappa shape index (κ3) is 7.86. The van der Waals surface area contributed by atoms with Crippen molar-refractivity contribution in [1.29, 1.82) is 0 Å². The van der Waals surface area contributed by atoms with Crippen molar-refractivity contribution in [3.05, 3.63) is 58.8 Å². The molecule has 3 aliphatic heterocycles. The minimum absolute atomic E-state index is 0.0433. The fraction of sp³-hybridized carbons (Fsp3) is 0.611. The Balaban J connectivity index is 1.79. The van der Waals surface area contributed by atoms with Gasteiger partial charge in [0, 0.05) is 44.7 Å². The molecule has 0 saturated carbocycles. The maximum atomic E-state index is 13.6. The van der Waals surface area contributed by atoms with E-state index < -0.39 is 53.8 Å². The molecule has 3 unspecified atom stereocenters. The molecule has 1 aromatic rings. The average molecular weight is 690 g/mol. The van der Waals surface area contributed by atoms with Gasteiger partial charge in [0.1, 0.15) is 40.7 Å². The molecule has 1 aromatic carbocycles. The Bertz CT molecular complexity index is 1450. The minimum atomic E-state index is -1.74. The largest absolute Gasteiger partial charge is 0.495 e. The van der Waals surface area contributed by atoms with E-state index in [4.69, 9.17) is 35.3 Å². The second kappa shape index (κ2) is 14.8. The molecule has 2 saturated heterocycles. The number of hydrogen-bond donors (Lipinski definition) is 2. The standard InChI is InChI=1S/C36H52ClN3O8/c1-20(2)39(8)24(6)33(41)47-30-16-22(4)40(9)26-17-25(18-27(44-10)31(26)37)15-21(3)13-12-14-29(45-11)36(43)19-28(46-34(42)38-36)23(5)32-35(30,7)48-32/h12-14,17-18,20,23-24,28-30,32,43H,4,15-16,19H2,1-3,5-11H3,(H,38,42)/b14-12+,21-13+/t23-,24+,28?,29-,30+,32?,35?,36+/m1/s1. The van der Waals surface area contributed by atoms with E-state index in [1.807, 2.05) is 83.6 Å². The molecule has 2 N–H and O–H groups in total. The van der Waals surface area contributed by atoms with Crippen LogP contribution in [0.1, 0.15) is 59.9 Å². The summed E-state index contributed by atoms with van der Waals surface area (Å²) in [7, 11) is 6.79. The molecular formula is C36H52ClN3O8. The molecule has 0 spiro atoms. The van der Waals surface area contributed by atoms with Crippen LogP contribution in [0.4, 0.5) is 10.5 Å². The van der Waals surface area contributed by atoms with Gasteiger partial charge in [-0.15, -0.1) is 0 Å². The first kappa shape index (κ1) is 37.7. The zero-order chi connectivity index (χ0) is 35.7. The van der Waals surface area contributed by atoms with Crippen molar-refractivity contribution < 1.29 is 38.4 Å². The van der Waals surface area contributed by atoms with E-state index in [0.29, 0.717) is 28.6 Å². The Labute approximate surface area is 289 Å². The van der Waals surface area contributed by atoms with Crippen molar-refractivity contribution in [3.63, 3.8) is 0 Å². The average Bonchev–Trinajstić information content (AvgIpc) is 3.73. The van der Waals surface area contributed by atoms with Crippen LogP contribution in [-0.4, -0.2) is 98.2 Å². The summed E-state index contributed by atoms with van der Waals surface area (Å²) in [6.45, 7) is 16.0. The molecule has 0 aromatic heterocycles. The summed E-state index contributed by atoms with van der Waals surface area (Å²) in [5, 5.41) is 14.7. The Morgan fingerprint density at radius 2 is 1.96 bits per heavy atom. The predicted octanol–water partition coefficient (Wildman–Crippen LogP) is 5.38. The normalized spacial score (nSPS) is 33.6. The number of rotatable bonds is 6. The first-order chi connectivity index (χ1) is 22.4. The highest BCUT2D eigenvalue weighted by Gasteiger charge is 2.64. The highest BCUT2D eigenvalue weighted by molar-refractivity contribution is 6.34. The van der Waals surface area contributed by atoms with E-state index in [-0.39, 0.29) is 24.8 Å². The lowest BCUT2D eigenvalue weighted by Gasteiger charge is -2.42. The predicted molar refractivity (Wildman–Crippen MR) is 185 cm³/mol. The van der Waals surface area contributed by atoms with Crippen LogP contribution in [-0.2, 0) is 30.2 Å². The topological polar surface area (TPSA) is 122 Å². The Morgan fingerprint density at radius 3 is 2.58 bits per heavy atom. The zero-order valence-corrected chi connectivity index (χ0v) is 30.6. The number of anilines is 1. The molecule has 48 heavy (non-hydrogen) atoms. The van der Waals surface area contributed by atoms with Crippen LogP contribution in [0.3, 0.4) is 0 Å². The van der Waals surface area contributed by atoms with Gasteiger partial charge in [-0.1, -0.05) is 48.9 Å². The lowest BCUT2D eigenvalue weighted by Crippen LogP contribution is -2.63. The van der Waals surface area contributed by atoms with Gasteiger partial charge in [-0.3, -0.25) is 15.0 Å². The molecule has 0 radical (unpaired) electrons. The van der Waals surface area contributed by atoms with Crippen molar-refractivity contribution in [2.75, 3.05) is 33.2 Å². The Hall–Kier alpha value is -3.09. The van der Waals surface area contributed by atoms with Crippen LogP contribution >= 0.6 is 11.6 Å². The van der Waals surface area contributed by atoms with Crippen LogP contribution in [0, 0.1) is 5.92 Å². The van der Waals surface area contributed by atoms with Crippen LogP contribution in [0.25, 0.3) is 0 Å². The van der Waals surface area contributed by atoms with E-state index in [1.165, 1.54) is 7.11 Å². The van der Waals surface area contributed by atoms with Gasteiger partial charge in [0.2, 0.25) is 0 Å². The number of carbonyl (C=O) groups excluding carboxylic acids is 2. The van der Waals surface area contributed by atoms with Crippen LogP contribution in [0.5, 0.6) is 5.75 Å². The van der Waals surface area contributed by atoms with Crippen molar-refractivity contribution in [3.8, 4) is 5.75 Å². The van der Waals surface area contributed by atoms with Gasteiger partial charge in [-0.05, 0) is 65.8 Å². The van der Waals surface area contributed by atoms with Gasteiger partial charge in [0.15, 0.2) is 5.72 Å². The molecule has 266 valence electrons. The van der Waals surface area contributed by atoms with Gasteiger partial charge < -0.3 is 33.7 Å². The Kier molecular flexibility index (Phi) is 11.6. The summed E-state index contributed by atoms with van der Waals surface area (Å²) in [6, 6.07) is 3.48. The molecule has 1 amide bonds. The van der Waals surface area contributed by atoms with Crippen molar-refractivity contribution in [1.82, 2.24) is 10.2 Å². The molecule has 12 heteroatoms. The summed E-state index contributed by atoms with van der Waals surface area (Å²) in [5.41, 5.74) is 0.609. The number of likely N-dealkylation sites (N-methyl/N-ethyl adjacent to an activating group) is 1. The van der Waals surface area contributed by atoms with Crippen molar-refractivity contribution in [2.24, 2.45) is 5.92 Å². The lowest BCUT2D eigenvalue weighted by molar-refractivity contribution is -0.158. The van der Waals surface area contributed by atoms with E-state index in [9.17, 15) is 14.7 Å². The first-order valence-corrected chi connectivity index (χ1v) is 16.8.